The Balaban J connectivity index is 1.87. The van der Waals surface area contributed by atoms with E-state index < -0.39 is 5.60 Å². The predicted molar refractivity (Wildman–Crippen MR) is 63.1 cm³/mol. The number of hydrogen-bond acceptors (Lipinski definition) is 3. The van der Waals surface area contributed by atoms with Gasteiger partial charge in [-0.25, -0.2) is 0 Å². The number of ether oxygens (including phenoxy) is 1. The zero-order valence-electron chi connectivity index (χ0n) is 9.33. The first kappa shape index (κ1) is 12.4. The number of H-pyrrole nitrogens is 1. The highest BCUT2D eigenvalue weighted by molar-refractivity contribution is 6.30. The lowest BCUT2D eigenvalue weighted by Gasteiger charge is -2.31. The van der Waals surface area contributed by atoms with Crippen molar-refractivity contribution in [3.05, 3.63) is 23.0 Å². The molecule has 0 saturated carbocycles. The third-order valence-corrected chi connectivity index (χ3v) is 3.11. The van der Waals surface area contributed by atoms with Crippen molar-refractivity contribution >= 4 is 17.5 Å². The molecule has 2 heterocycles. The van der Waals surface area contributed by atoms with Gasteiger partial charge in [-0.1, -0.05) is 11.6 Å². The Hall–Kier alpha value is -1.04. The quantitative estimate of drug-likeness (QED) is 0.755. The van der Waals surface area contributed by atoms with Gasteiger partial charge in [0.1, 0.15) is 5.69 Å². The molecule has 17 heavy (non-hydrogen) atoms. The highest BCUT2D eigenvalue weighted by Gasteiger charge is 2.30. The second-order valence-corrected chi connectivity index (χ2v) is 4.69. The number of aromatic amines is 1. The lowest BCUT2D eigenvalue weighted by molar-refractivity contribution is -0.0605. The molecular weight excluding hydrogens is 244 g/mol. The van der Waals surface area contributed by atoms with Crippen LogP contribution in [0.1, 0.15) is 23.3 Å². The highest BCUT2D eigenvalue weighted by Crippen LogP contribution is 2.19. The molecule has 0 bridgehead atoms. The molecule has 1 fully saturated rings. The normalized spacial score (nSPS) is 18.9. The molecule has 94 valence electrons. The van der Waals surface area contributed by atoms with E-state index in [2.05, 4.69) is 10.3 Å². The standard InChI is InChI=1S/C11H15ClN2O3/c12-8-5-9(13-6-8)10(15)14-7-11(16)1-3-17-4-2-11/h5-6,13,16H,1-4,7H2,(H,14,15). The third kappa shape index (κ3) is 3.21. The molecule has 1 amide bonds. The second kappa shape index (κ2) is 5.08. The van der Waals surface area contributed by atoms with Gasteiger partial charge in [-0.15, -0.1) is 0 Å². The van der Waals surface area contributed by atoms with Crippen molar-refractivity contribution in [3.63, 3.8) is 0 Å². The molecule has 1 aliphatic rings. The molecule has 5 nitrogen and oxygen atoms in total. The van der Waals surface area contributed by atoms with Gasteiger partial charge in [-0.05, 0) is 6.07 Å². The Bertz CT molecular complexity index is 399. The number of nitrogens with one attached hydrogen (secondary N) is 2. The van der Waals surface area contributed by atoms with E-state index >= 15 is 0 Å². The van der Waals surface area contributed by atoms with Crippen molar-refractivity contribution in [2.45, 2.75) is 18.4 Å². The van der Waals surface area contributed by atoms with Crippen molar-refractivity contribution in [1.82, 2.24) is 10.3 Å². The van der Waals surface area contributed by atoms with Gasteiger partial charge < -0.3 is 20.1 Å². The lowest BCUT2D eigenvalue weighted by Crippen LogP contribution is -2.46. The summed E-state index contributed by atoms with van der Waals surface area (Å²) in [6.07, 6.45) is 2.62. The molecule has 1 aromatic rings. The summed E-state index contributed by atoms with van der Waals surface area (Å²) in [5.41, 5.74) is -0.463. The van der Waals surface area contributed by atoms with Crippen LogP contribution in [0.2, 0.25) is 5.02 Å². The summed E-state index contributed by atoms with van der Waals surface area (Å²) in [6, 6.07) is 1.55. The summed E-state index contributed by atoms with van der Waals surface area (Å²) in [4.78, 5) is 14.5. The zero-order valence-corrected chi connectivity index (χ0v) is 10.1. The summed E-state index contributed by atoms with van der Waals surface area (Å²) in [5, 5.41) is 13.3. The monoisotopic (exact) mass is 258 g/mol. The Kier molecular flexibility index (Phi) is 3.71. The van der Waals surface area contributed by atoms with Crippen LogP contribution >= 0.6 is 11.6 Å². The SMILES string of the molecule is O=C(NCC1(O)CCOCC1)c1cc(Cl)c[nH]1. The Morgan fingerprint density at radius 2 is 2.29 bits per heavy atom. The average Bonchev–Trinajstić information content (AvgIpc) is 2.74. The molecule has 1 aromatic heterocycles. The molecule has 0 unspecified atom stereocenters. The summed E-state index contributed by atoms with van der Waals surface area (Å²) in [5.74, 6) is -0.267. The van der Waals surface area contributed by atoms with E-state index in [1.54, 1.807) is 12.3 Å². The van der Waals surface area contributed by atoms with E-state index in [-0.39, 0.29) is 12.5 Å². The van der Waals surface area contributed by atoms with Crippen LogP contribution in [0.3, 0.4) is 0 Å². The van der Waals surface area contributed by atoms with Crippen LogP contribution in [0.5, 0.6) is 0 Å². The summed E-state index contributed by atoms with van der Waals surface area (Å²) < 4.78 is 5.16. The average molecular weight is 259 g/mol. The van der Waals surface area contributed by atoms with Crippen LogP contribution in [-0.4, -0.2) is 41.4 Å². The van der Waals surface area contributed by atoms with Crippen LogP contribution in [0.15, 0.2) is 12.3 Å². The predicted octanol–water partition coefficient (Wildman–Crippen LogP) is 0.939. The maximum Gasteiger partial charge on any atom is 0.267 e. The van der Waals surface area contributed by atoms with Crippen LogP contribution in [0, 0.1) is 0 Å². The van der Waals surface area contributed by atoms with E-state index in [0.29, 0.717) is 36.8 Å². The first-order valence-electron chi connectivity index (χ1n) is 5.51. The fourth-order valence-corrected chi connectivity index (χ4v) is 1.93. The number of aromatic nitrogens is 1. The molecule has 0 aliphatic carbocycles. The number of aliphatic hydroxyl groups is 1. The third-order valence-electron chi connectivity index (χ3n) is 2.89. The Labute approximate surface area is 104 Å². The van der Waals surface area contributed by atoms with Gasteiger partial charge in [-0.3, -0.25) is 4.79 Å². The van der Waals surface area contributed by atoms with E-state index in [0.717, 1.165) is 0 Å². The van der Waals surface area contributed by atoms with E-state index in [4.69, 9.17) is 16.3 Å². The topological polar surface area (TPSA) is 74.3 Å². The van der Waals surface area contributed by atoms with E-state index in [9.17, 15) is 9.90 Å². The summed E-state index contributed by atoms with van der Waals surface area (Å²) in [7, 11) is 0. The molecule has 6 heteroatoms. The Morgan fingerprint density at radius 3 is 2.88 bits per heavy atom. The van der Waals surface area contributed by atoms with Crippen molar-refractivity contribution in [1.29, 1.82) is 0 Å². The Morgan fingerprint density at radius 1 is 1.59 bits per heavy atom. The second-order valence-electron chi connectivity index (χ2n) is 4.25. The van der Waals surface area contributed by atoms with Crippen LogP contribution < -0.4 is 5.32 Å². The molecule has 0 radical (unpaired) electrons. The van der Waals surface area contributed by atoms with E-state index in [1.165, 1.54) is 0 Å². The van der Waals surface area contributed by atoms with Crippen LogP contribution in [-0.2, 0) is 4.74 Å². The van der Waals surface area contributed by atoms with Gasteiger partial charge in [0.2, 0.25) is 0 Å². The van der Waals surface area contributed by atoms with Gasteiger partial charge in [0, 0.05) is 38.8 Å². The molecule has 3 N–H and O–H groups in total. The maximum absolute atomic E-state index is 11.7. The van der Waals surface area contributed by atoms with Crippen molar-refractivity contribution < 1.29 is 14.6 Å². The largest absolute Gasteiger partial charge is 0.388 e. The van der Waals surface area contributed by atoms with Crippen molar-refractivity contribution in [3.8, 4) is 0 Å². The molecule has 0 atom stereocenters. The first-order chi connectivity index (χ1) is 8.09. The summed E-state index contributed by atoms with van der Waals surface area (Å²) in [6.45, 7) is 1.28. The molecule has 1 saturated heterocycles. The maximum atomic E-state index is 11.7. The molecule has 2 rings (SSSR count). The molecule has 1 aliphatic heterocycles. The molecule has 0 spiro atoms. The zero-order chi connectivity index (χ0) is 12.3. The fraction of sp³-hybridized carbons (Fsp3) is 0.545. The van der Waals surface area contributed by atoms with E-state index in [1.807, 2.05) is 0 Å². The van der Waals surface area contributed by atoms with Crippen molar-refractivity contribution in [2.75, 3.05) is 19.8 Å². The number of hydrogen-bond donors (Lipinski definition) is 3. The highest BCUT2D eigenvalue weighted by atomic mass is 35.5. The fourth-order valence-electron chi connectivity index (χ4n) is 1.77. The number of amides is 1. The number of carbonyl (C=O) groups is 1. The minimum atomic E-state index is -0.857. The minimum absolute atomic E-state index is 0.228. The number of halogens is 1. The van der Waals surface area contributed by atoms with Crippen LogP contribution in [0.4, 0.5) is 0 Å². The lowest BCUT2D eigenvalue weighted by atomic mass is 9.94. The summed E-state index contributed by atoms with van der Waals surface area (Å²) >= 11 is 5.70. The minimum Gasteiger partial charge on any atom is -0.388 e. The van der Waals surface area contributed by atoms with Gasteiger partial charge in [0.05, 0.1) is 10.6 Å². The number of carbonyl (C=O) groups excluding carboxylic acids is 1. The van der Waals surface area contributed by atoms with Gasteiger partial charge in [-0.2, -0.15) is 0 Å². The number of rotatable bonds is 3. The van der Waals surface area contributed by atoms with Gasteiger partial charge in [0.15, 0.2) is 0 Å². The van der Waals surface area contributed by atoms with Crippen molar-refractivity contribution in [2.24, 2.45) is 0 Å². The van der Waals surface area contributed by atoms with Crippen LogP contribution in [0.25, 0.3) is 0 Å². The molecule has 0 aromatic carbocycles. The van der Waals surface area contributed by atoms with Gasteiger partial charge in [0.25, 0.3) is 5.91 Å². The molecular formula is C11H15ClN2O3. The van der Waals surface area contributed by atoms with Gasteiger partial charge >= 0.3 is 0 Å². The smallest absolute Gasteiger partial charge is 0.267 e. The first-order valence-corrected chi connectivity index (χ1v) is 5.89.